The number of halogens is 3. The molecule has 11 heavy (non-hydrogen) atoms. The zero-order valence-corrected chi connectivity index (χ0v) is 5.18. The molecule has 0 bridgehead atoms. The van der Waals surface area contributed by atoms with Gasteiger partial charge in [-0.1, -0.05) is 0 Å². The minimum absolute atomic E-state index is 1.05. The molecule has 0 aromatic rings. The Kier molecular flexibility index (Phi) is 3.35. The molecule has 0 aliphatic rings. The lowest BCUT2D eigenvalue weighted by atomic mass is 10.5. The molecule has 0 aliphatic carbocycles. The van der Waals surface area contributed by atoms with Gasteiger partial charge in [-0.3, -0.25) is 9.59 Å². The molecule has 4 nitrogen and oxygen atoms in total. The van der Waals surface area contributed by atoms with Crippen molar-refractivity contribution < 1.29 is 22.8 Å². The Morgan fingerprint density at radius 2 is 1.73 bits per heavy atom. The molecule has 2 amide bonds. The van der Waals surface area contributed by atoms with E-state index in [9.17, 15) is 22.8 Å². The maximum atomic E-state index is 11.8. The van der Waals surface area contributed by atoms with Crippen molar-refractivity contribution in [2.24, 2.45) is 5.73 Å². The number of rotatable bonds is 2. The summed E-state index contributed by atoms with van der Waals surface area (Å²) in [6.45, 7) is 0. The van der Waals surface area contributed by atoms with Crippen molar-refractivity contribution in [3.63, 3.8) is 0 Å². The van der Waals surface area contributed by atoms with E-state index in [-0.39, 0.29) is 0 Å². The highest BCUT2D eigenvalue weighted by molar-refractivity contribution is 6.34. The SMILES string of the molecule is NC(=O)C(=O)NC(F)C(F)F. The number of hydrogen-bond acceptors (Lipinski definition) is 2. The van der Waals surface area contributed by atoms with E-state index in [4.69, 9.17) is 0 Å². The first kappa shape index (κ1) is 9.73. The highest BCUT2D eigenvalue weighted by Crippen LogP contribution is 2.00. The van der Waals surface area contributed by atoms with Crippen LogP contribution < -0.4 is 11.1 Å². The van der Waals surface area contributed by atoms with Gasteiger partial charge in [0, 0.05) is 0 Å². The number of amides is 2. The average molecular weight is 170 g/mol. The summed E-state index contributed by atoms with van der Waals surface area (Å²) in [5.74, 6) is -3.08. The van der Waals surface area contributed by atoms with Gasteiger partial charge in [0.15, 0.2) is 0 Å². The van der Waals surface area contributed by atoms with Gasteiger partial charge in [0.1, 0.15) is 0 Å². The molecule has 1 unspecified atom stereocenters. The summed E-state index contributed by atoms with van der Waals surface area (Å²) in [4.78, 5) is 20.0. The van der Waals surface area contributed by atoms with E-state index in [0.29, 0.717) is 0 Å². The summed E-state index contributed by atoms with van der Waals surface area (Å²) in [6, 6.07) is 0. The van der Waals surface area contributed by atoms with Crippen LogP contribution in [0.2, 0.25) is 0 Å². The maximum Gasteiger partial charge on any atom is 0.311 e. The Labute approximate surface area is 59.5 Å². The summed E-state index contributed by atoms with van der Waals surface area (Å²) in [6.07, 6.45) is -6.21. The van der Waals surface area contributed by atoms with Crippen molar-refractivity contribution in [1.82, 2.24) is 5.32 Å². The number of hydrogen-bond donors (Lipinski definition) is 2. The third-order valence-corrected chi connectivity index (χ3v) is 0.714. The highest BCUT2D eigenvalue weighted by atomic mass is 19.3. The second-order valence-electron chi connectivity index (χ2n) is 1.57. The van der Waals surface area contributed by atoms with Gasteiger partial charge in [0.05, 0.1) is 0 Å². The minimum Gasteiger partial charge on any atom is -0.361 e. The van der Waals surface area contributed by atoms with Crippen molar-refractivity contribution in [2.45, 2.75) is 12.7 Å². The fourth-order valence-corrected chi connectivity index (χ4v) is 0.259. The van der Waals surface area contributed by atoms with Crippen LogP contribution in [0.25, 0.3) is 0 Å². The summed E-state index contributed by atoms with van der Waals surface area (Å²) < 4.78 is 34.5. The molecule has 0 saturated carbocycles. The smallest absolute Gasteiger partial charge is 0.311 e. The van der Waals surface area contributed by atoms with Gasteiger partial charge in [-0.05, 0) is 0 Å². The molecule has 0 fully saturated rings. The van der Waals surface area contributed by atoms with Crippen LogP contribution in [0.1, 0.15) is 0 Å². The lowest BCUT2D eigenvalue weighted by Gasteiger charge is -2.06. The summed E-state index contributed by atoms with van der Waals surface area (Å²) in [7, 11) is 0. The molecule has 0 aliphatic heterocycles. The van der Waals surface area contributed by atoms with Crippen molar-refractivity contribution >= 4 is 11.8 Å². The fraction of sp³-hybridized carbons (Fsp3) is 0.500. The van der Waals surface area contributed by atoms with Crippen LogP contribution in [-0.2, 0) is 9.59 Å². The molecule has 1 atom stereocenters. The van der Waals surface area contributed by atoms with Gasteiger partial charge in [-0.25, -0.2) is 13.2 Å². The molecule has 0 radical (unpaired) electrons. The predicted molar refractivity (Wildman–Crippen MR) is 28.2 cm³/mol. The first-order valence-electron chi connectivity index (χ1n) is 2.47. The largest absolute Gasteiger partial charge is 0.361 e. The number of carbonyl (C=O) groups is 2. The highest BCUT2D eigenvalue weighted by Gasteiger charge is 2.23. The monoisotopic (exact) mass is 170 g/mol. The molecule has 0 saturated heterocycles. The second kappa shape index (κ2) is 3.79. The predicted octanol–water partition coefficient (Wildman–Crippen LogP) is -0.851. The van der Waals surface area contributed by atoms with E-state index in [1.54, 1.807) is 0 Å². The van der Waals surface area contributed by atoms with Gasteiger partial charge in [-0.2, -0.15) is 0 Å². The second-order valence-corrected chi connectivity index (χ2v) is 1.57. The standard InChI is InChI=1S/C4H5F3N2O2/c5-1(6)2(7)9-4(11)3(8)10/h1-2H,(H2,8,10)(H,9,11). The zero-order chi connectivity index (χ0) is 9.02. The van der Waals surface area contributed by atoms with Crippen LogP contribution in [0.5, 0.6) is 0 Å². The Morgan fingerprint density at radius 1 is 1.27 bits per heavy atom. The average Bonchev–Trinajstić information content (AvgIpc) is 1.87. The molecule has 64 valence electrons. The van der Waals surface area contributed by atoms with Crippen molar-refractivity contribution in [2.75, 3.05) is 0 Å². The maximum absolute atomic E-state index is 11.8. The van der Waals surface area contributed by atoms with E-state index in [0.717, 1.165) is 5.32 Å². The van der Waals surface area contributed by atoms with E-state index < -0.39 is 24.5 Å². The molecular formula is C4H5F3N2O2. The molecule has 0 rings (SSSR count). The molecule has 0 aromatic heterocycles. The topological polar surface area (TPSA) is 72.2 Å². The van der Waals surface area contributed by atoms with Crippen molar-refractivity contribution in [3.8, 4) is 0 Å². The Hall–Kier alpha value is -1.27. The van der Waals surface area contributed by atoms with Gasteiger partial charge in [-0.15, -0.1) is 0 Å². The number of carbonyl (C=O) groups excluding carboxylic acids is 2. The van der Waals surface area contributed by atoms with Crippen LogP contribution in [0.4, 0.5) is 13.2 Å². The quantitative estimate of drug-likeness (QED) is 0.418. The summed E-state index contributed by atoms with van der Waals surface area (Å²) in [5.41, 5.74) is 4.32. The fourth-order valence-electron chi connectivity index (χ4n) is 0.259. The Morgan fingerprint density at radius 3 is 2.00 bits per heavy atom. The van der Waals surface area contributed by atoms with Crippen LogP contribution >= 0.6 is 0 Å². The van der Waals surface area contributed by atoms with Crippen molar-refractivity contribution in [1.29, 1.82) is 0 Å². The van der Waals surface area contributed by atoms with Crippen LogP contribution in [0, 0.1) is 0 Å². The number of primary amides is 1. The molecule has 7 heteroatoms. The van der Waals surface area contributed by atoms with E-state index >= 15 is 0 Å². The van der Waals surface area contributed by atoms with E-state index in [1.165, 1.54) is 0 Å². The molecule has 0 aromatic carbocycles. The van der Waals surface area contributed by atoms with Crippen LogP contribution in [0.3, 0.4) is 0 Å². The van der Waals surface area contributed by atoms with E-state index in [1.807, 2.05) is 0 Å². The van der Waals surface area contributed by atoms with Gasteiger partial charge >= 0.3 is 11.8 Å². The third-order valence-electron chi connectivity index (χ3n) is 0.714. The lowest BCUT2D eigenvalue weighted by molar-refractivity contribution is -0.139. The van der Waals surface area contributed by atoms with Gasteiger partial charge < -0.3 is 11.1 Å². The number of nitrogens with one attached hydrogen (secondary N) is 1. The Balaban J connectivity index is 3.85. The molecular weight excluding hydrogens is 165 g/mol. The molecule has 0 heterocycles. The number of alkyl halides is 3. The van der Waals surface area contributed by atoms with Crippen molar-refractivity contribution in [3.05, 3.63) is 0 Å². The van der Waals surface area contributed by atoms with Crippen LogP contribution in [-0.4, -0.2) is 24.5 Å². The molecule has 3 N–H and O–H groups in total. The van der Waals surface area contributed by atoms with Crippen LogP contribution in [0.15, 0.2) is 0 Å². The Bertz CT molecular complexity index is 173. The van der Waals surface area contributed by atoms with Gasteiger partial charge in [0.2, 0.25) is 6.30 Å². The normalized spacial score (nSPS) is 12.7. The zero-order valence-electron chi connectivity index (χ0n) is 5.18. The lowest BCUT2D eigenvalue weighted by Crippen LogP contribution is -2.43. The minimum atomic E-state index is -3.36. The first-order chi connectivity index (χ1) is 4.95. The molecule has 0 spiro atoms. The third kappa shape index (κ3) is 3.43. The first-order valence-corrected chi connectivity index (χ1v) is 2.47. The number of nitrogens with two attached hydrogens (primary N) is 1. The summed E-state index contributed by atoms with van der Waals surface area (Å²) >= 11 is 0. The van der Waals surface area contributed by atoms with E-state index in [2.05, 4.69) is 5.73 Å². The van der Waals surface area contributed by atoms with Gasteiger partial charge in [0.25, 0.3) is 6.43 Å². The summed E-state index contributed by atoms with van der Waals surface area (Å²) in [5, 5.41) is 1.05.